The van der Waals surface area contributed by atoms with E-state index in [9.17, 15) is 4.79 Å². The summed E-state index contributed by atoms with van der Waals surface area (Å²) in [5, 5.41) is 10.0. The summed E-state index contributed by atoms with van der Waals surface area (Å²) >= 11 is 1.45. The van der Waals surface area contributed by atoms with Gasteiger partial charge in [0.2, 0.25) is 5.13 Å². The topological polar surface area (TPSA) is 78.3 Å². The van der Waals surface area contributed by atoms with E-state index in [2.05, 4.69) is 10.4 Å². The third-order valence-corrected chi connectivity index (χ3v) is 5.28. The zero-order valence-electron chi connectivity index (χ0n) is 16.7. The molecule has 0 aliphatic heterocycles. The lowest BCUT2D eigenvalue weighted by atomic mass is 10.2. The Labute approximate surface area is 177 Å². The van der Waals surface area contributed by atoms with Gasteiger partial charge in [-0.05, 0) is 43.3 Å². The van der Waals surface area contributed by atoms with E-state index in [4.69, 9.17) is 14.5 Å². The Bertz CT molecular complexity index is 1180. The number of anilines is 1. The molecule has 2 aromatic carbocycles. The summed E-state index contributed by atoms with van der Waals surface area (Å²) in [5.41, 5.74) is 3.06. The van der Waals surface area contributed by atoms with Gasteiger partial charge in [0.25, 0.3) is 5.91 Å². The minimum Gasteiger partial charge on any atom is -0.497 e. The minimum atomic E-state index is -0.233. The molecule has 7 nitrogen and oxygen atoms in total. The van der Waals surface area contributed by atoms with E-state index in [0.717, 1.165) is 22.7 Å². The molecule has 2 heterocycles. The molecule has 1 N–H and O–H groups in total. The molecule has 1 amide bonds. The van der Waals surface area contributed by atoms with Gasteiger partial charge in [-0.15, -0.1) is 11.3 Å². The number of ether oxygens (including phenoxy) is 2. The lowest BCUT2D eigenvalue weighted by Crippen LogP contribution is -2.15. The Balaban J connectivity index is 1.60. The van der Waals surface area contributed by atoms with Gasteiger partial charge < -0.3 is 14.8 Å². The molecule has 0 fully saturated rings. The Morgan fingerprint density at radius 2 is 1.80 bits per heavy atom. The molecular formula is C22H20N4O3S. The number of nitrogens with one attached hydrogen (secondary N) is 1. The first-order chi connectivity index (χ1) is 14.6. The highest BCUT2D eigenvalue weighted by Gasteiger charge is 2.15. The summed E-state index contributed by atoms with van der Waals surface area (Å²) in [6, 6.07) is 16.5. The Kier molecular flexibility index (Phi) is 5.49. The molecule has 4 rings (SSSR count). The third-order valence-electron chi connectivity index (χ3n) is 4.46. The number of hydrogen-bond acceptors (Lipinski definition) is 6. The second-order valence-corrected chi connectivity index (χ2v) is 7.35. The molecule has 0 aliphatic carbocycles. The van der Waals surface area contributed by atoms with Crippen LogP contribution in [-0.4, -0.2) is 34.9 Å². The zero-order valence-corrected chi connectivity index (χ0v) is 17.6. The van der Waals surface area contributed by atoms with Crippen molar-refractivity contribution in [2.75, 3.05) is 19.5 Å². The van der Waals surface area contributed by atoms with Crippen LogP contribution in [-0.2, 0) is 0 Å². The Morgan fingerprint density at radius 3 is 2.53 bits per heavy atom. The van der Waals surface area contributed by atoms with Gasteiger partial charge in [0.1, 0.15) is 17.3 Å². The van der Waals surface area contributed by atoms with Crippen LogP contribution in [0.4, 0.5) is 5.82 Å². The van der Waals surface area contributed by atoms with Gasteiger partial charge in [-0.25, -0.2) is 4.98 Å². The van der Waals surface area contributed by atoms with E-state index in [0.29, 0.717) is 22.3 Å². The van der Waals surface area contributed by atoms with Crippen molar-refractivity contribution >= 4 is 23.1 Å². The lowest BCUT2D eigenvalue weighted by molar-refractivity contribution is 0.102. The number of rotatable bonds is 6. The fourth-order valence-corrected chi connectivity index (χ4v) is 3.74. The van der Waals surface area contributed by atoms with Crippen LogP contribution in [0, 0.1) is 6.92 Å². The summed E-state index contributed by atoms with van der Waals surface area (Å²) in [7, 11) is 3.22. The molecule has 0 bridgehead atoms. The Hall–Kier alpha value is -3.65. The monoisotopic (exact) mass is 420 g/mol. The first-order valence-corrected chi connectivity index (χ1v) is 10.1. The van der Waals surface area contributed by atoms with Crippen molar-refractivity contribution in [1.29, 1.82) is 0 Å². The predicted molar refractivity (Wildman–Crippen MR) is 117 cm³/mol. The van der Waals surface area contributed by atoms with Crippen LogP contribution in [0.2, 0.25) is 0 Å². The summed E-state index contributed by atoms with van der Waals surface area (Å²) < 4.78 is 12.1. The number of aryl methyl sites for hydroxylation is 1. The maximum absolute atomic E-state index is 12.7. The van der Waals surface area contributed by atoms with Crippen LogP contribution in [0.1, 0.15) is 16.1 Å². The predicted octanol–water partition coefficient (Wildman–Crippen LogP) is 4.57. The molecule has 0 spiro atoms. The standard InChI is InChI=1S/C22H20N4O3S/c1-14-11-20(24-21(27)15-7-9-17(28-2)10-8-15)26(25-14)22-23-19(13-30-22)16-5-4-6-18(12-16)29-3/h4-13H,1-3H3,(H,24,27). The number of amides is 1. The third kappa shape index (κ3) is 4.04. The second kappa shape index (κ2) is 8.38. The molecule has 152 valence electrons. The van der Waals surface area contributed by atoms with Crippen LogP contribution >= 0.6 is 11.3 Å². The van der Waals surface area contributed by atoms with E-state index < -0.39 is 0 Å². The number of aromatic nitrogens is 3. The molecule has 0 aliphatic rings. The quantitative estimate of drug-likeness (QED) is 0.494. The van der Waals surface area contributed by atoms with Crippen molar-refractivity contribution in [3.63, 3.8) is 0 Å². The molecule has 30 heavy (non-hydrogen) atoms. The van der Waals surface area contributed by atoms with Gasteiger partial charge in [0, 0.05) is 22.6 Å². The Morgan fingerprint density at radius 1 is 1.03 bits per heavy atom. The van der Waals surface area contributed by atoms with Gasteiger partial charge in [-0.3, -0.25) is 4.79 Å². The van der Waals surface area contributed by atoms with Gasteiger partial charge in [-0.2, -0.15) is 9.78 Å². The first-order valence-electron chi connectivity index (χ1n) is 9.20. The lowest BCUT2D eigenvalue weighted by Gasteiger charge is -2.07. The van der Waals surface area contributed by atoms with Gasteiger partial charge in [0.05, 0.1) is 25.6 Å². The number of carbonyl (C=O) groups excluding carboxylic acids is 1. The largest absolute Gasteiger partial charge is 0.497 e. The van der Waals surface area contributed by atoms with Crippen LogP contribution < -0.4 is 14.8 Å². The molecule has 0 saturated carbocycles. The summed E-state index contributed by atoms with van der Waals surface area (Å²) in [6.45, 7) is 1.87. The number of nitrogens with zero attached hydrogens (tertiary/aromatic N) is 3. The molecule has 0 unspecified atom stereocenters. The smallest absolute Gasteiger partial charge is 0.256 e. The molecule has 0 saturated heterocycles. The van der Waals surface area contributed by atoms with Gasteiger partial charge >= 0.3 is 0 Å². The maximum Gasteiger partial charge on any atom is 0.256 e. The maximum atomic E-state index is 12.7. The molecule has 8 heteroatoms. The van der Waals surface area contributed by atoms with Crippen molar-refractivity contribution < 1.29 is 14.3 Å². The van der Waals surface area contributed by atoms with Crippen molar-refractivity contribution in [3.8, 4) is 27.9 Å². The number of carbonyl (C=O) groups is 1. The summed E-state index contributed by atoms with van der Waals surface area (Å²) in [5.74, 6) is 1.79. The fraction of sp³-hybridized carbons (Fsp3) is 0.136. The van der Waals surface area contributed by atoms with Crippen LogP contribution in [0.15, 0.2) is 60.0 Å². The van der Waals surface area contributed by atoms with Crippen molar-refractivity contribution in [3.05, 3.63) is 71.2 Å². The highest BCUT2D eigenvalue weighted by atomic mass is 32.1. The van der Waals surface area contributed by atoms with Crippen LogP contribution in [0.25, 0.3) is 16.4 Å². The van der Waals surface area contributed by atoms with E-state index in [-0.39, 0.29) is 5.91 Å². The summed E-state index contributed by atoms with van der Waals surface area (Å²) in [6.07, 6.45) is 0. The second-order valence-electron chi connectivity index (χ2n) is 6.51. The van der Waals surface area contributed by atoms with Crippen LogP contribution in [0.3, 0.4) is 0 Å². The van der Waals surface area contributed by atoms with Gasteiger partial charge in [-0.1, -0.05) is 12.1 Å². The molecule has 0 atom stereocenters. The average molecular weight is 420 g/mol. The highest BCUT2D eigenvalue weighted by Crippen LogP contribution is 2.28. The highest BCUT2D eigenvalue weighted by molar-refractivity contribution is 7.12. The van der Waals surface area contributed by atoms with Crippen LogP contribution in [0.5, 0.6) is 11.5 Å². The van der Waals surface area contributed by atoms with Crippen molar-refractivity contribution in [2.24, 2.45) is 0 Å². The van der Waals surface area contributed by atoms with E-state index in [1.807, 2.05) is 42.6 Å². The normalized spacial score (nSPS) is 10.6. The fourth-order valence-electron chi connectivity index (χ4n) is 2.94. The van der Waals surface area contributed by atoms with E-state index in [1.165, 1.54) is 11.3 Å². The number of methoxy groups -OCH3 is 2. The zero-order chi connectivity index (χ0) is 21.1. The average Bonchev–Trinajstić information content (AvgIpc) is 3.40. The number of hydrogen-bond donors (Lipinski definition) is 1. The van der Waals surface area contributed by atoms with E-state index in [1.54, 1.807) is 43.2 Å². The minimum absolute atomic E-state index is 0.233. The van der Waals surface area contributed by atoms with E-state index >= 15 is 0 Å². The number of thiazole rings is 1. The molecular weight excluding hydrogens is 400 g/mol. The summed E-state index contributed by atoms with van der Waals surface area (Å²) in [4.78, 5) is 17.4. The number of benzene rings is 2. The molecule has 4 aromatic rings. The molecule has 0 radical (unpaired) electrons. The van der Waals surface area contributed by atoms with Crippen molar-refractivity contribution in [1.82, 2.24) is 14.8 Å². The first kappa shape index (κ1) is 19.7. The molecule has 2 aromatic heterocycles. The SMILES string of the molecule is COc1ccc(C(=O)Nc2cc(C)nn2-c2nc(-c3cccc(OC)c3)cs2)cc1. The van der Waals surface area contributed by atoms with Gasteiger partial charge in [0.15, 0.2) is 0 Å². The van der Waals surface area contributed by atoms with Crippen molar-refractivity contribution in [2.45, 2.75) is 6.92 Å².